The molecule has 0 saturated heterocycles. The van der Waals surface area contributed by atoms with Crippen LogP contribution >= 0.6 is 46.4 Å². The summed E-state index contributed by atoms with van der Waals surface area (Å²) in [5, 5.41) is 2.30. The maximum Gasteiger partial charge on any atom is 0.253 e. The Balaban J connectivity index is 4.04. The van der Waals surface area contributed by atoms with Gasteiger partial charge in [0.25, 0.3) is 5.91 Å². The highest BCUT2D eigenvalue weighted by Crippen LogP contribution is 2.00. The van der Waals surface area contributed by atoms with Crippen LogP contribution in [0.3, 0.4) is 0 Å². The number of nitrogens with one attached hydrogen (secondary N) is 1. The second kappa shape index (κ2) is 9.16. The lowest BCUT2D eigenvalue weighted by Crippen LogP contribution is -2.43. The maximum atomic E-state index is 11.6. The van der Waals surface area contributed by atoms with E-state index in [9.17, 15) is 9.59 Å². The van der Waals surface area contributed by atoms with Crippen LogP contribution < -0.4 is 5.32 Å². The van der Waals surface area contributed by atoms with Gasteiger partial charge in [-0.05, 0) is 0 Å². The van der Waals surface area contributed by atoms with Gasteiger partial charge in [0.05, 0.1) is 6.54 Å². The number of carbonyl (C=O) groups is 2. The van der Waals surface area contributed by atoms with E-state index in [-0.39, 0.29) is 12.5 Å². The van der Waals surface area contributed by atoms with Crippen molar-refractivity contribution in [3.8, 4) is 0 Å². The molecule has 1 N–H and O–H groups in total. The molecule has 2 amide bonds. The quantitative estimate of drug-likeness (QED) is 0.719. The second-order valence-electron chi connectivity index (χ2n) is 2.78. The number of rotatable bonds is 7. The molecule has 0 radical (unpaired) electrons. The van der Waals surface area contributed by atoms with Gasteiger partial charge in [-0.3, -0.25) is 9.59 Å². The van der Waals surface area contributed by atoms with Crippen molar-refractivity contribution in [2.75, 3.05) is 31.4 Å². The molecule has 0 aromatic carbocycles. The van der Waals surface area contributed by atoms with Gasteiger partial charge in [0.2, 0.25) is 5.91 Å². The highest BCUT2D eigenvalue weighted by atomic mass is 35.5. The Bertz CT molecular complexity index is 232. The molecule has 0 spiro atoms. The molecule has 0 fully saturated rings. The second-order valence-corrected chi connectivity index (χ2v) is 4.63. The van der Waals surface area contributed by atoms with E-state index in [4.69, 9.17) is 46.4 Å². The minimum atomic E-state index is -1.18. The van der Waals surface area contributed by atoms with Crippen LogP contribution in [-0.2, 0) is 9.59 Å². The van der Waals surface area contributed by atoms with Crippen LogP contribution in [0.5, 0.6) is 0 Å². The minimum Gasteiger partial charge on any atom is -0.345 e. The fourth-order valence-electron chi connectivity index (χ4n) is 0.917. The van der Waals surface area contributed by atoms with Crippen molar-refractivity contribution < 1.29 is 9.59 Å². The number of alkyl halides is 4. The number of amides is 2. The molecule has 0 aliphatic rings. The van der Waals surface area contributed by atoms with Crippen molar-refractivity contribution in [3.05, 3.63) is 0 Å². The zero-order valence-corrected chi connectivity index (χ0v) is 11.4. The van der Waals surface area contributed by atoms with Gasteiger partial charge in [-0.25, -0.2) is 0 Å². The number of halogens is 4. The van der Waals surface area contributed by atoms with Crippen LogP contribution in [0.4, 0.5) is 0 Å². The third kappa shape index (κ3) is 6.63. The lowest BCUT2D eigenvalue weighted by molar-refractivity contribution is -0.132. The van der Waals surface area contributed by atoms with E-state index in [0.29, 0.717) is 24.8 Å². The fourth-order valence-corrected chi connectivity index (χ4v) is 1.48. The average Bonchev–Trinajstić information content (AvgIpc) is 2.24. The summed E-state index contributed by atoms with van der Waals surface area (Å²) in [4.78, 5) is 22.8. The predicted molar refractivity (Wildman–Crippen MR) is 66.5 cm³/mol. The third-order valence-electron chi connectivity index (χ3n) is 1.67. The standard InChI is InChI=1S/C8H12Cl4N2O2/c9-1-3-14(4-2-10)6(15)5-13-8(16)7(11)12/h7H,1-5H2,(H,13,16). The summed E-state index contributed by atoms with van der Waals surface area (Å²) in [5.41, 5.74) is 0. The van der Waals surface area contributed by atoms with E-state index < -0.39 is 10.7 Å². The molecule has 0 rings (SSSR count). The van der Waals surface area contributed by atoms with Crippen molar-refractivity contribution in [2.45, 2.75) is 4.84 Å². The van der Waals surface area contributed by atoms with E-state index in [1.165, 1.54) is 4.90 Å². The molecule has 0 aliphatic carbocycles. The van der Waals surface area contributed by atoms with Crippen LogP contribution in [-0.4, -0.2) is 52.9 Å². The van der Waals surface area contributed by atoms with Crippen molar-refractivity contribution in [2.24, 2.45) is 0 Å². The van der Waals surface area contributed by atoms with E-state index in [2.05, 4.69) is 5.32 Å². The number of hydrogen-bond donors (Lipinski definition) is 1. The predicted octanol–water partition coefficient (Wildman–Crippen LogP) is 1.21. The molecular formula is C8H12Cl4N2O2. The summed E-state index contributed by atoms with van der Waals surface area (Å²) in [7, 11) is 0. The largest absolute Gasteiger partial charge is 0.345 e. The van der Waals surface area contributed by atoms with Crippen molar-refractivity contribution in [3.63, 3.8) is 0 Å². The van der Waals surface area contributed by atoms with Crippen LogP contribution in [0.1, 0.15) is 0 Å². The maximum absolute atomic E-state index is 11.6. The molecule has 94 valence electrons. The summed E-state index contributed by atoms with van der Waals surface area (Å²) >= 11 is 21.6. The molecule has 0 atom stereocenters. The van der Waals surface area contributed by atoms with E-state index in [1.54, 1.807) is 0 Å². The van der Waals surface area contributed by atoms with Gasteiger partial charge in [-0.15, -0.1) is 23.2 Å². The Hall–Kier alpha value is 0.1000. The number of carbonyl (C=O) groups excluding carboxylic acids is 2. The van der Waals surface area contributed by atoms with E-state index in [1.807, 2.05) is 0 Å². The molecular weight excluding hydrogens is 298 g/mol. The van der Waals surface area contributed by atoms with Crippen molar-refractivity contribution in [1.82, 2.24) is 10.2 Å². The minimum absolute atomic E-state index is 0.164. The Labute approximate surface area is 114 Å². The topological polar surface area (TPSA) is 49.4 Å². The normalized spacial score (nSPS) is 10.3. The Morgan fingerprint density at radius 3 is 2.00 bits per heavy atom. The monoisotopic (exact) mass is 308 g/mol. The molecule has 0 heterocycles. The molecule has 0 saturated carbocycles. The SMILES string of the molecule is O=C(NCC(=O)N(CCCl)CCCl)C(Cl)Cl. The van der Waals surface area contributed by atoms with Gasteiger partial charge in [0.15, 0.2) is 4.84 Å². The summed E-state index contributed by atoms with van der Waals surface area (Å²) in [6.45, 7) is 0.602. The summed E-state index contributed by atoms with van der Waals surface area (Å²) in [6.07, 6.45) is 0. The summed E-state index contributed by atoms with van der Waals surface area (Å²) in [5.74, 6) is -0.258. The molecule has 0 unspecified atom stereocenters. The van der Waals surface area contributed by atoms with Gasteiger partial charge in [0, 0.05) is 24.8 Å². The fraction of sp³-hybridized carbons (Fsp3) is 0.750. The van der Waals surface area contributed by atoms with Gasteiger partial charge < -0.3 is 10.2 Å². The van der Waals surface area contributed by atoms with Crippen LogP contribution in [0.25, 0.3) is 0 Å². The zero-order valence-electron chi connectivity index (χ0n) is 8.39. The molecule has 8 heteroatoms. The van der Waals surface area contributed by atoms with Gasteiger partial charge in [-0.2, -0.15) is 0 Å². The Kier molecular flexibility index (Phi) is 9.22. The highest BCUT2D eigenvalue weighted by Gasteiger charge is 2.16. The molecule has 0 aliphatic heterocycles. The first-order valence-corrected chi connectivity index (χ1v) is 6.42. The molecule has 0 aromatic rings. The molecule has 4 nitrogen and oxygen atoms in total. The first kappa shape index (κ1) is 16.1. The summed E-state index contributed by atoms with van der Waals surface area (Å²) < 4.78 is 0. The van der Waals surface area contributed by atoms with Crippen molar-refractivity contribution >= 4 is 58.2 Å². The first-order chi connectivity index (χ1) is 7.52. The van der Waals surface area contributed by atoms with Gasteiger partial charge in [0.1, 0.15) is 0 Å². The number of nitrogens with zero attached hydrogens (tertiary/aromatic N) is 1. The van der Waals surface area contributed by atoms with Gasteiger partial charge >= 0.3 is 0 Å². The van der Waals surface area contributed by atoms with E-state index in [0.717, 1.165) is 0 Å². The van der Waals surface area contributed by atoms with Crippen molar-refractivity contribution in [1.29, 1.82) is 0 Å². The highest BCUT2D eigenvalue weighted by molar-refractivity contribution is 6.53. The average molecular weight is 310 g/mol. The van der Waals surface area contributed by atoms with Crippen LogP contribution in [0.2, 0.25) is 0 Å². The Morgan fingerprint density at radius 2 is 1.62 bits per heavy atom. The number of hydrogen-bond acceptors (Lipinski definition) is 2. The lowest BCUT2D eigenvalue weighted by Gasteiger charge is -2.20. The van der Waals surface area contributed by atoms with Gasteiger partial charge in [-0.1, -0.05) is 23.2 Å². The van der Waals surface area contributed by atoms with Crippen LogP contribution in [0, 0.1) is 0 Å². The lowest BCUT2D eigenvalue weighted by atomic mass is 10.4. The van der Waals surface area contributed by atoms with E-state index >= 15 is 0 Å². The molecule has 0 bridgehead atoms. The first-order valence-electron chi connectivity index (χ1n) is 4.48. The zero-order chi connectivity index (χ0) is 12.6. The van der Waals surface area contributed by atoms with Crippen LogP contribution in [0.15, 0.2) is 0 Å². The smallest absolute Gasteiger partial charge is 0.253 e. The Morgan fingerprint density at radius 1 is 1.12 bits per heavy atom. The molecule has 0 aromatic heterocycles. The molecule has 16 heavy (non-hydrogen) atoms. The third-order valence-corrected chi connectivity index (χ3v) is 2.41. The summed E-state index contributed by atoms with van der Waals surface area (Å²) in [6, 6.07) is 0.